The zero-order chi connectivity index (χ0) is 13.4. The highest BCUT2D eigenvalue weighted by Crippen LogP contribution is 2.23. The van der Waals surface area contributed by atoms with E-state index in [9.17, 15) is 0 Å². The van der Waals surface area contributed by atoms with E-state index < -0.39 is 0 Å². The topological polar surface area (TPSA) is 70.6 Å². The zero-order valence-electron chi connectivity index (χ0n) is 11.9. The van der Waals surface area contributed by atoms with Gasteiger partial charge >= 0.3 is 0 Å². The average Bonchev–Trinajstić information content (AvgIpc) is 2.38. The summed E-state index contributed by atoms with van der Waals surface area (Å²) in [5.74, 6) is 1.21. The third kappa shape index (κ3) is 5.25. The van der Waals surface area contributed by atoms with Crippen LogP contribution >= 0.6 is 0 Å². The Hall–Kier alpha value is -0.770. The number of oxime groups is 1. The summed E-state index contributed by atoms with van der Waals surface area (Å²) in [6.45, 7) is 6.22. The largest absolute Gasteiger partial charge is 0.409 e. The first kappa shape index (κ1) is 15.3. The summed E-state index contributed by atoms with van der Waals surface area (Å²) >= 11 is 0. The third-order valence-electron chi connectivity index (χ3n) is 4.11. The molecule has 1 saturated carbocycles. The molecule has 1 fully saturated rings. The average molecular weight is 255 g/mol. The van der Waals surface area contributed by atoms with E-state index in [0.29, 0.717) is 5.84 Å². The molecule has 0 bridgehead atoms. The number of rotatable bonds is 7. The van der Waals surface area contributed by atoms with E-state index in [4.69, 9.17) is 10.9 Å². The molecule has 0 aromatic heterocycles. The van der Waals surface area contributed by atoms with E-state index in [0.717, 1.165) is 31.8 Å². The Morgan fingerprint density at radius 1 is 1.33 bits per heavy atom. The normalized spacial score (nSPS) is 19.1. The van der Waals surface area contributed by atoms with Gasteiger partial charge in [-0.25, -0.2) is 0 Å². The molecule has 1 aliphatic carbocycles. The van der Waals surface area contributed by atoms with Crippen molar-refractivity contribution in [1.82, 2.24) is 5.32 Å². The Morgan fingerprint density at radius 3 is 2.61 bits per heavy atom. The number of nitrogens with one attached hydrogen (secondary N) is 1. The molecule has 0 spiro atoms. The first-order valence-corrected chi connectivity index (χ1v) is 7.25. The van der Waals surface area contributed by atoms with Gasteiger partial charge in [-0.1, -0.05) is 38.3 Å². The van der Waals surface area contributed by atoms with Gasteiger partial charge in [0.05, 0.1) is 0 Å². The summed E-state index contributed by atoms with van der Waals surface area (Å²) < 4.78 is 0. The van der Waals surface area contributed by atoms with Crippen molar-refractivity contribution < 1.29 is 5.21 Å². The molecule has 0 atom stereocenters. The van der Waals surface area contributed by atoms with Crippen LogP contribution in [0.15, 0.2) is 5.16 Å². The summed E-state index contributed by atoms with van der Waals surface area (Å²) in [4.78, 5) is 0. The fourth-order valence-electron chi connectivity index (χ4n) is 2.62. The van der Waals surface area contributed by atoms with Gasteiger partial charge in [0, 0.05) is 5.41 Å². The molecule has 0 unspecified atom stereocenters. The fourth-order valence-corrected chi connectivity index (χ4v) is 2.62. The number of amidine groups is 1. The monoisotopic (exact) mass is 255 g/mol. The lowest BCUT2D eigenvalue weighted by molar-refractivity contribution is 0.303. The van der Waals surface area contributed by atoms with E-state index in [1.807, 2.05) is 13.8 Å². The minimum Gasteiger partial charge on any atom is -0.409 e. The minimum absolute atomic E-state index is 0.207. The predicted molar refractivity (Wildman–Crippen MR) is 75.9 cm³/mol. The van der Waals surface area contributed by atoms with E-state index >= 15 is 0 Å². The Bertz CT molecular complexity index is 258. The lowest BCUT2D eigenvalue weighted by atomic mass is 9.86. The van der Waals surface area contributed by atoms with Crippen molar-refractivity contribution in [2.24, 2.45) is 22.2 Å². The van der Waals surface area contributed by atoms with Gasteiger partial charge in [0.2, 0.25) is 0 Å². The minimum atomic E-state index is -0.207. The second kappa shape index (κ2) is 7.62. The summed E-state index contributed by atoms with van der Waals surface area (Å²) in [6, 6.07) is 0. The lowest BCUT2D eigenvalue weighted by Gasteiger charge is -2.24. The second-order valence-electron chi connectivity index (χ2n) is 6.18. The van der Waals surface area contributed by atoms with Gasteiger partial charge in [-0.3, -0.25) is 0 Å². The predicted octanol–water partition coefficient (Wildman–Crippen LogP) is 2.71. The lowest BCUT2D eigenvalue weighted by Crippen LogP contribution is -2.33. The maximum absolute atomic E-state index is 8.69. The molecule has 1 aliphatic rings. The maximum Gasteiger partial charge on any atom is 0.144 e. The third-order valence-corrected chi connectivity index (χ3v) is 4.11. The molecule has 106 valence electrons. The van der Waals surface area contributed by atoms with Crippen LogP contribution in [0.2, 0.25) is 0 Å². The summed E-state index contributed by atoms with van der Waals surface area (Å²) in [6.07, 6.45) is 9.03. The van der Waals surface area contributed by atoms with Crippen LogP contribution in [0.3, 0.4) is 0 Å². The molecule has 0 heterocycles. The van der Waals surface area contributed by atoms with Crippen LogP contribution in [-0.4, -0.2) is 24.1 Å². The smallest absolute Gasteiger partial charge is 0.144 e. The molecular weight excluding hydrogens is 226 g/mol. The molecule has 0 amide bonds. The zero-order valence-corrected chi connectivity index (χ0v) is 11.9. The Morgan fingerprint density at radius 2 is 2.00 bits per heavy atom. The number of hydrogen-bond acceptors (Lipinski definition) is 3. The van der Waals surface area contributed by atoms with Crippen molar-refractivity contribution in [1.29, 1.82) is 0 Å². The van der Waals surface area contributed by atoms with Crippen molar-refractivity contribution in [3.05, 3.63) is 0 Å². The second-order valence-corrected chi connectivity index (χ2v) is 6.18. The summed E-state index contributed by atoms with van der Waals surface area (Å²) in [7, 11) is 0. The molecule has 4 nitrogen and oxygen atoms in total. The van der Waals surface area contributed by atoms with E-state index in [1.165, 1.54) is 32.1 Å². The Labute approximate surface area is 111 Å². The molecule has 18 heavy (non-hydrogen) atoms. The van der Waals surface area contributed by atoms with Gasteiger partial charge in [0.15, 0.2) is 0 Å². The van der Waals surface area contributed by atoms with Crippen molar-refractivity contribution in [3.8, 4) is 0 Å². The summed E-state index contributed by atoms with van der Waals surface area (Å²) in [5.41, 5.74) is 5.45. The quantitative estimate of drug-likeness (QED) is 0.215. The number of nitrogens with two attached hydrogens (primary N) is 1. The molecule has 0 aromatic rings. The van der Waals surface area contributed by atoms with Crippen LogP contribution in [0.4, 0.5) is 0 Å². The highest BCUT2D eigenvalue weighted by molar-refractivity contribution is 5.85. The maximum atomic E-state index is 8.69. The van der Waals surface area contributed by atoms with Gasteiger partial charge in [-0.15, -0.1) is 0 Å². The standard InChI is InChI=1S/C14H29N3O/c1-14(2,13(15)17-18)9-6-10-16-11-12-7-4-3-5-8-12/h12,16,18H,3-11H2,1-2H3,(H2,15,17). The van der Waals surface area contributed by atoms with Crippen molar-refractivity contribution in [3.63, 3.8) is 0 Å². The first-order valence-electron chi connectivity index (χ1n) is 7.25. The van der Waals surface area contributed by atoms with Crippen LogP contribution in [0.25, 0.3) is 0 Å². The van der Waals surface area contributed by atoms with Crippen molar-refractivity contribution in [2.75, 3.05) is 13.1 Å². The van der Waals surface area contributed by atoms with Crippen LogP contribution in [0, 0.1) is 11.3 Å². The van der Waals surface area contributed by atoms with E-state index in [-0.39, 0.29) is 5.41 Å². The van der Waals surface area contributed by atoms with E-state index in [1.54, 1.807) is 0 Å². The molecule has 0 aliphatic heterocycles. The van der Waals surface area contributed by atoms with Gasteiger partial charge in [-0.05, 0) is 44.7 Å². The molecule has 4 heteroatoms. The SMILES string of the molecule is CC(C)(CCCNCC1CCCCC1)C(N)=NO. The fraction of sp³-hybridized carbons (Fsp3) is 0.929. The van der Waals surface area contributed by atoms with E-state index in [2.05, 4.69) is 10.5 Å². The Balaban J connectivity index is 2.07. The molecule has 0 radical (unpaired) electrons. The molecule has 1 rings (SSSR count). The molecular formula is C14H29N3O. The Kier molecular flexibility index (Phi) is 6.47. The van der Waals surface area contributed by atoms with Gasteiger partial charge in [0.25, 0.3) is 0 Å². The van der Waals surface area contributed by atoms with Gasteiger partial charge in [-0.2, -0.15) is 0 Å². The van der Waals surface area contributed by atoms with Crippen molar-refractivity contribution in [2.45, 2.75) is 58.8 Å². The highest BCUT2D eigenvalue weighted by atomic mass is 16.4. The van der Waals surface area contributed by atoms with Crippen LogP contribution in [0.5, 0.6) is 0 Å². The molecule has 4 N–H and O–H groups in total. The van der Waals surface area contributed by atoms with Crippen LogP contribution in [-0.2, 0) is 0 Å². The first-order chi connectivity index (χ1) is 8.56. The van der Waals surface area contributed by atoms with Gasteiger partial charge < -0.3 is 16.3 Å². The van der Waals surface area contributed by atoms with Crippen LogP contribution < -0.4 is 11.1 Å². The molecule has 0 saturated heterocycles. The number of hydrogen-bond donors (Lipinski definition) is 3. The van der Waals surface area contributed by atoms with Crippen molar-refractivity contribution >= 4 is 5.84 Å². The highest BCUT2D eigenvalue weighted by Gasteiger charge is 2.22. The number of nitrogens with zero attached hydrogens (tertiary/aromatic N) is 1. The van der Waals surface area contributed by atoms with Gasteiger partial charge in [0.1, 0.15) is 5.84 Å². The molecule has 0 aromatic carbocycles. The van der Waals surface area contributed by atoms with Crippen LogP contribution in [0.1, 0.15) is 58.8 Å². The summed E-state index contributed by atoms with van der Waals surface area (Å²) in [5, 5.41) is 15.3.